The van der Waals surface area contributed by atoms with Crippen LogP contribution in [-0.2, 0) is 11.3 Å². The van der Waals surface area contributed by atoms with E-state index in [9.17, 15) is 4.79 Å². The van der Waals surface area contributed by atoms with Crippen LogP contribution in [0.2, 0.25) is 0 Å². The molecule has 0 bridgehead atoms. The van der Waals surface area contributed by atoms with Crippen molar-refractivity contribution in [3.63, 3.8) is 0 Å². The summed E-state index contributed by atoms with van der Waals surface area (Å²) in [5.41, 5.74) is 1.35. The molecule has 1 aliphatic rings. The number of benzene rings is 1. The lowest BCUT2D eigenvalue weighted by Gasteiger charge is -2.20. The molecule has 1 aromatic rings. The third-order valence-electron chi connectivity index (χ3n) is 3.75. The number of likely N-dealkylation sites (tertiary alicyclic amines) is 1. The number of para-hydroxylation sites is 1. The molecule has 0 radical (unpaired) electrons. The second-order valence-corrected chi connectivity index (χ2v) is 7.15. The summed E-state index contributed by atoms with van der Waals surface area (Å²) in [6.45, 7) is 10.2. The Bertz CT molecular complexity index is 488. The van der Waals surface area contributed by atoms with Crippen molar-refractivity contribution in [1.82, 2.24) is 10.2 Å². The van der Waals surface area contributed by atoms with Gasteiger partial charge in [0.1, 0.15) is 5.75 Å². The number of carbonyl (C=O) groups is 1. The second kappa shape index (κ2) is 7.63. The molecule has 22 heavy (non-hydrogen) atoms. The lowest BCUT2D eigenvalue weighted by atomic mass is 9.97. The molecule has 0 aliphatic carbocycles. The Labute approximate surface area is 133 Å². The first-order valence-corrected chi connectivity index (χ1v) is 8.15. The van der Waals surface area contributed by atoms with Gasteiger partial charge < -0.3 is 15.0 Å². The van der Waals surface area contributed by atoms with Crippen molar-refractivity contribution in [1.29, 1.82) is 0 Å². The predicted molar refractivity (Wildman–Crippen MR) is 88.9 cm³/mol. The quantitative estimate of drug-likeness (QED) is 0.878. The smallest absolute Gasteiger partial charge is 0.260 e. The maximum Gasteiger partial charge on any atom is 0.260 e. The maximum absolute atomic E-state index is 12.1. The Balaban J connectivity index is 1.86. The Hall–Kier alpha value is -1.55. The van der Waals surface area contributed by atoms with Crippen molar-refractivity contribution in [3.8, 4) is 5.75 Å². The zero-order chi connectivity index (χ0) is 16.0. The molecule has 0 saturated carbocycles. The van der Waals surface area contributed by atoms with E-state index in [1.807, 2.05) is 29.2 Å². The first-order valence-electron chi connectivity index (χ1n) is 8.15. The third-order valence-corrected chi connectivity index (χ3v) is 3.75. The Kier molecular flexibility index (Phi) is 5.83. The van der Waals surface area contributed by atoms with E-state index in [0.717, 1.165) is 50.3 Å². The third kappa shape index (κ3) is 5.34. The number of ether oxygens (including phenoxy) is 1. The molecule has 2 rings (SSSR count). The second-order valence-electron chi connectivity index (χ2n) is 7.15. The van der Waals surface area contributed by atoms with E-state index in [4.69, 9.17) is 4.74 Å². The van der Waals surface area contributed by atoms with Crippen LogP contribution in [0.15, 0.2) is 24.3 Å². The summed E-state index contributed by atoms with van der Waals surface area (Å²) in [7, 11) is 0. The fraction of sp³-hybridized carbons (Fsp3) is 0.611. The largest absolute Gasteiger partial charge is 0.483 e. The standard InChI is InChI=1S/C18H28N2O2/c1-18(2,3)14-19-12-15-8-4-5-9-16(15)22-13-17(21)20-10-6-7-11-20/h4-5,8-9,19H,6-7,10-14H2,1-3H3. The molecule has 1 amide bonds. The van der Waals surface area contributed by atoms with E-state index >= 15 is 0 Å². The van der Waals surface area contributed by atoms with E-state index in [2.05, 4.69) is 26.1 Å². The van der Waals surface area contributed by atoms with Gasteiger partial charge in [0.25, 0.3) is 5.91 Å². The van der Waals surface area contributed by atoms with Crippen LogP contribution >= 0.6 is 0 Å². The normalized spacial score (nSPS) is 15.1. The minimum Gasteiger partial charge on any atom is -0.483 e. The SMILES string of the molecule is CC(C)(C)CNCc1ccccc1OCC(=O)N1CCCC1. The highest BCUT2D eigenvalue weighted by atomic mass is 16.5. The van der Waals surface area contributed by atoms with Crippen molar-refractivity contribution in [2.45, 2.75) is 40.2 Å². The highest BCUT2D eigenvalue weighted by Crippen LogP contribution is 2.19. The summed E-state index contributed by atoms with van der Waals surface area (Å²) >= 11 is 0. The molecule has 1 heterocycles. The molecule has 1 aliphatic heterocycles. The van der Waals surface area contributed by atoms with E-state index in [1.165, 1.54) is 0 Å². The maximum atomic E-state index is 12.1. The van der Waals surface area contributed by atoms with Gasteiger partial charge in [-0.25, -0.2) is 0 Å². The van der Waals surface area contributed by atoms with E-state index in [1.54, 1.807) is 0 Å². The van der Waals surface area contributed by atoms with Crippen LogP contribution in [-0.4, -0.2) is 37.0 Å². The van der Waals surface area contributed by atoms with Crippen molar-refractivity contribution in [3.05, 3.63) is 29.8 Å². The van der Waals surface area contributed by atoms with Gasteiger partial charge in [-0.2, -0.15) is 0 Å². The van der Waals surface area contributed by atoms with E-state index < -0.39 is 0 Å². The summed E-state index contributed by atoms with van der Waals surface area (Å²) in [6.07, 6.45) is 2.22. The molecule has 1 N–H and O–H groups in total. The average molecular weight is 304 g/mol. The van der Waals surface area contributed by atoms with Crippen molar-refractivity contribution in [2.75, 3.05) is 26.2 Å². The van der Waals surface area contributed by atoms with Gasteiger partial charge in [-0.15, -0.1) is 0 Å². The molecule has 4 heteroatoms. The summed E-state index contributed by atoms with van der Waals surface area (Å²) in [5, 5.41) is 3.45. The van der Waals surface area contributed by atoms with Crippen LogP contribution in [0.3, 0.4) is 0 Å². The lowest BCUT2D eigenvalue weighted by molar-refractivity contribution is -0.132. The number of nitrogens with one attached hydrogen (secondary N) is 1. The van der Waals surface area contributed by atoms with E-state index in [-0.39, 0.29) is 17.9 Å². The first-order chi connectivity index (χ1) is 10.5. The van der Waals surface area contributed by atoms with E-state index in [0.29, 0.717) is 0 Å². The number of amides is 1. The average Bonchev–Trinajstić information content (AvgIpc) is 2.99. The van der Waals surface area contributed by atoms with Crippen molar-refractivity contribution >= 4 is 5.91 Å². The molecule has 0 unspecified atom stereocenters. The zero-order valence-corrected chi connectivity index (χ0v) is 14.0. The highest BCUT2D eigenvalue weighted by Gasteiger charge is 2.18. The van der Waals surface area contributed by atoms with Gasteiger partial charge in [0, 0.05) is 31.7 Å². The monoisotopic (exact) mass is 304 g/mol. The van der Waals surface area contributed by atoms with Gasteiger partial charge in [-0.3, -0.25) is 4.79 Å². The fourth-order valence-electron chi connectivity index (χ4n) is 2.56. The summed E-state index contributed by atoms with van der Waals surface area (Å²) in [4.78, 5) is 14.0. The topological polar surface area (TPSA) is 41.6 Å². The highest BCUT2D eigenvalue weighted by molar-refractivity contribution is 5.78. The molecule has 0 aromatic heterocycles. The minimum atomic E-state index is 0.0925. The zero-order valence-electron chi connectivity index (χ0n) is 14.0. The molecular formula is C18H28N2O2. The summed E-state index contributed by atoms with van der Waals surface area (Å²) < 4.78 is 5.76. The van der Waals surface area contributed by atoms with Crippen molar-refractivity contribution < 1.29 is 9.53 Å². The molecule has 1 fully saturated rings. The van der Waals surface area contributed by atoms with Gasteiger partial charge in [-0.1, -0.05) is 39.0 Å². The molecule has 1 aromatic carbocycles. The Morgan fingerprint density at radius 3 is 2.59 bits per heavy atom. The van der Waals surface area contributed by atoms with Crippen molar-refractivity contribution in [2.24, 2.45) is 5.41 Å². The van der Waals surface area contributed by atoms with Gasteiger partial charge in [0.2, 0.25) is 0 Å². The minimum absolute atomic E-state index is 0.0925. The number of nitrogens with zero attached hydrogens (tertiary/aromatic N) is 1. The summed E-state index contributed by atoms with van der Waals surface area (Å²) in [5.74, 6) is 0.895. The molecule has 122 valence electrons. The number of rotatable bonds is 6. The molecule has 0 atom stereocenters. The molecule has 1 saturated heterocycles. The van der Waals surface area contributed by atoms with Crippen LogP contribution in [0, 0.1) is 5.41 Å². The predicted octanol–water partition coefficient (Wildman–Crippen LogP) is 2.82. The van der Waals surface area contributed by atoms with Crippen LogP contribution in [0.25, 0.3) is 0 Å². The van der Waals surface area contributed by atoms with Gasteiger partial charge >= 0.3 is 0 Å². The number of hydrogen-bond acceptors (Lipinski definition) is 3. The lowest BCUT2D eigenvalue weighted by Crippen LogP contribution is -2.32. The number of carbonyl (C=O) groups excluding carboxylic acids is 1. The van der Waals surface area contributed by atoms with Crippen LogP contribution < -0.4 is 10.1 Å². The number of hydrogen-bond donors (Lipinski definition) is 1. The van der Waals surface area contributed by atoms with Gasteiger partial charge in [0.15, 0.2) is 6.61 Å². The molecule has 4 nitrogen and oxygen atoms in total. The van der Waals surface area contributed by atoms with Crippen LogP contribution in [0.1, 0.15) is 39.2 Å². The Morgan fingerprint density at radius 1 is 1.23 bits per heavy atom. The van der Waals surface area contributed by atoms with Gasteiger partial charge in [-0.05, 0) is 24.3 Å². The van der Waals surface area contributed by atoms with Crippen LogP contribution in [0.5, 0.6) is 5.75 Å². The first kappa shape index (κ1) is 16.8. The van der Waals surface area contributed by atoms with Gasteiger partial charge in [0.05, 0.1) is 0 Å². The summed E-state index contributed by atoms with van der Waals surface area (Å²) in [6, 6.07) is 7.93. The molecule has 0 spiro atoms. The Morgan fingerprint density at radius 2 is 1.91 bits per heavy atom. The van der Waals surface area contributed by atoms with Crippen LogP contribution in [0.4, 0.5) is 0 Å². The fourth-order valence-corrected chi connectivity index (χ4v) is 2.56. The molecular weight excluding hydrogens is 276 g/mol.